The Balaban J connectivity index is 2.19. The molecule has 3 aromatic rings. The summed E-state index contributed by atoms with van der Waals surface area (Å²) in [6, 6.07) is 9.08. The van der Waals surface area contributed by atoms with Gasteiger partial charge in [0.25, 0.3) is 0 Å². The highest BCUT2D eigenvalue weighted by Crippen LogP contribution is 2.21. The lowest BCUT2D eigenvalue weighted by molar-refractivity contribution is 0.760. The topological polar surface area (TPSA) is 47.8 Å². The Morgan fingerprint density at radius 2 is 1.90 bits per heavy atom. The molecular formula is C14H8BrCl2N3O. The highest BCUT2D eigenvalue weighted by molar-refractivity contribution is 9.10. The standard InChI is InChI=1S/C14H8BrCl2N3O/c15-9-5-11-12(18-6-9)13(17)19-14(21)20(11)7-8-1-3-10(16)4-2-8/h1-6H,7H2. The summed E-state index contributed by atoms with van der Waals surface area (Å²) >= 11 is 15.2. The summed E-state index contributed by atoms with van der Waals surface area (Å²) in [7, 11) is 0. The van der Waals surface area contributed by atoms with Crippen LogP contribution in [0.3, 0.4) is 0 Å². The molecule has 0 amide bonds. The highest BCUT2D eigenvalue weighted by Gasteiger charge is 2.11. The molecule has 0 atom stereocenters. The number of benzene rings is 1. The maximum atomic E-state index is 12.1. The minimum Gasteiger partial charge on any atom is -0.286 e. The first-order valence-corrected chi connectivity index (χ1v) is 7.55. The van der Waals surface area contributed by atoms with Crippen molar-refractivity contribution in [1.82, 2.24) is 14.5 Å². The molecule has 0 N–H and O–H groups in total. The molecule has 2 aromatic heterocycles. The van der Waals surface area contributed by atoms with Crippen LogP contribution in [0.5, 0.6) is 0 Å². The normalized spacial score (nSPS) is 11.0. The first-order chi connectivity index (χ1) is 10.0. The monoisotopic (exact) mass is 383 g/mol. The second-order valence-corrected chi connectivity index (χ2v) is 6.13. The summed E-state index contributed by atoms with van der Waals surface area (Å²) in [5, 5.41) is 0.754. The van der Waals surface area contributed by atoms with Crippen LogP contribution in [0.4, 0.5) is 0 Å². The van der Waals surface area contributed by atoms with Gasteiger partial charge in [0.1, 0.15) is 5.52 Å². The van der Waals surface area contributed by atoms with Crippen molar-refractivity contribution in [3.05, 3.63) is 67.2 Å². The van der Waals surface area contributed by atoms with Crippen LogP contribution in [0, 0.1) is 0 Å². The maximum Gasteiger partial charge on any atom is 0.349 e. The molecule has 0 saturated heterocycles. The molecule has 0 aliphatic rings. The van der Waals surface area contributed by atoms with Crippen LogP contribution in [-0.2, 0) is 6.54 Å². The molecule has 2 heterocycles. The minimum atomic E-state index is -0.414. The van der Waals surface area contributed by atoms with E-state index in [0.29, 0.717) is 22.6 Å². The molecular weight excluding hydrogens is 377 g/mol. The second-order valence-electron chi connectivity index (χ2n) is 4.42. The van der Waals surface area contributed by atoms with Crippen molar-refractivity contribution in [3.63, 3.8) is 0 Å². The number of halogens is 3. The first-order valence-electron chi connectivity index (χ1n) is 6.00. The fraction of sp³-hybridized carbons (Fsp3) is 0.0714. The third kappa shape index (κ3) is 2.95. The summed E-state index contributed by atoms with van der Waals surface area (Å²) in [4.78, 5) is 20.2. The van der Waals surface area contributed by atoms with Crippen molar-refractivity contribution in [2.24, 2.45) is 0 Å². The third-order valence-corrected chi connectivity index (χ3v) is 3.95. The van der Waals surface area contributed by atoms with Gasteiger partial charge in [-0.3, -0.25) is 9.55 Å². The molecule has 106 valence electrons. The van der Waals surface area contributed by atoms with E-state index < -0.39 is 5.69 Å². The molecule has 4 nitrogen and oxygen atoms in total. The van der Waals surface area contributed by atoms with Gasteiger partial charge < -0.3 is 0 Å². The van der Waals surface area contributed by atoms with Crippen LogP contribution >= 0.6 is 39.1 Å². The molecule has 0 aliphatic carbocycles. The largest absolute Gasteiger partial charge is 0.349 e. The zero-order valence-corrected chi connectivity index (χ0v) is 13.7. The van der Waals surface area contributed by atoms with Crippen LogP contribution in [-0.4, -0.2) is 14.5 Å². The van der Waals surface area contributed by atoms with Crippen LogP contribution in [0.15, 0.2) is 45.8 Å². The summed E-state index contributed by atoms with van der Waals surface area (Å²) in [5.41, 5.74) is 1.65. The summed E-state index contributed by atoms with van der Waals surface area (Å²) in [6.07, 6.45) is 1.62. The zero-order valence-electron chi connectivity index (χ0n) is 10.6. The van der Waals surface area contributed by atoms with Gasteiger partial charge in [-0.1, -0.05) is 35.3 Å². The van der Waals surface area contributed by atoms with E-state index in [1.54, 1.807) is 24.4 Å². The fourth-order valence-corrected chi connectivity index (χ4v) is 2.68. The zero-order chi connectivity index (χ0) is 15.0. The molecule has 0 bridgehead atoms. The van der Waals surface area contributed by atoms with Crippen molar-refractivity contribution in [3.8, 4) is 0 Å². The van der Waals surface area contributed by atoms with E-state index in [0.717, 1.165) is 10.0 Å². The van der Waals surface area contributed by atoms with Crippen molar-refractivity contribution in [1.29, 1.82) is 0 Å². The minimum absolute atomic E-state index is 0.106. The Bertz CT molecular complexity index is 878. The lowest BCUT2D eigenvalue weighted by Crippen LogP contribution is -2.24. The van der Waals surface area contributed by atoms with Crippen LogP contribution in [0.2, 0.25) is 10.2 Å². The lowest BCUT2D eigenvalue weighted by atomic mass is 10.2. The number of rotatable bonds is 2. The molecule has 21 heavy (non-hydrogen) atoms. The number of hydrogen-bond donors (Lipinski definition) is 0. The molecule has 0 saturated carbocycles. The average molecular weight is 385 g/mol. The molecule has 0 spiro atoms. The van der Waals surface area contributed by atoms with Gasteiger partial charge in [0.15, 0.2) is 5.15 Å². The highest BCUT2D eigenvalue weighted by atomic mass is 79.9. The van der Waals surface area contributed by atoms with Gasteiger partial charge in [0.05, 0.1) is 12.1 Å². The van der Waals surface area contributed by atoms with Crippen molar-refractivity contribution in [2.45, 2.75) is 6.54 Å². The predicted octanol–water partition coefficient (Wildman–Crippen LogP) is 3.91. The van der Waals surface area contributed by atoms with Crippen LogP contribution < -0.4 is 5.69 Å². The van der Waals surface area contributed by atoms with Crippen molar-refractivity contribution < 1.29 is 0 Å². The summed E-state index contributed by atoms with van der Waals surface area (Å²) in [6.45, 7) is 0.370. The summed E-state index contributed by atoms with van der Waals surface area (Å²) < 4.78 is 2.30. The molecule has 0 unspecified atom stereocenters. The Hall–Kier alpha value is -1.43. The quantitative estimate of drug-likeness (QED) is 0.629. The Morgan fingerprint density at radius 1 is 1.19 bits per heavy atom. The van der Waals surface area contributed by atoms with Gasteiger partial charge in [-0.15, -0.1) is 0 Å². The van der Waals surface area contributed by atoms with E-state index in [-0.39, 0.29) is 5.15 Å². The second kappa shape index (κ2) is 5.75. The van der Waals surface area contributed by atoms with Gasteiger partial charge in [0.2, 0.25) is 0 Å². The van der Waals surface area contributed by atoms with Crippen LogP contribution in [0.1, 0.15) is 5.56 Å². The van der Waals surface area contributed by atoms with Gasteiger partial charge in [0, 0.05) is 15.7 Å². The maximum absolute atomic E-state index is 12.1. The van der Waals surface area contributed by atoms with E-state index in [1.165, 1.54) is 4.57 Å². The lowest BCUT2D eigenvalue weighted by Gasteiger charge is -2.10. The predicted molar refractivity (Wildman–Crippen MR) is 87.1 cm³/mol. The number of aromatic nitrogens is 3. The van der Waals surface area contributed by atoms with E-state index >= 15 is 0 Å². The molecule has 1 aromatic carbocycles. The van der Waals surface area contributed by atoms with Crippen molar-refractivity contribution >= 4 is 50.2 Å². The van der Waals surface area contributed by atoms with Gasteiger partial charge in [-0.2, -0.15) is 4.98 Å². The smallest absolute Gasteiger partial charge is 0.286 e. The van der Waals surface area contributed by atoms with Crippen molar-refractivity contribution in [2.75, 3.05) is 0 Å². The van der Waals surface area contributed by atoms with Crippen LogP contribution in [0.25, 0.3) is 11.0 Å². The van der Waals surface area contributed by atoms with E-state index in [4.69, 9.17) is 23.2 Å². The summed E-state index contributed by atoms with van der Waals surface area (Å²) in [5.74, 6) is 0. The third-order valence-electron chi connectivity index (χ3n) is 3.00. The van der Waals surface area contributed by atoms with Gasteiger partial charge >= 0.3 is 5.69 Å². The fourth-order valence-electron chi connectivity index (χ4n) is 2.02. The van der Waals surface area contributed by atoms with Gasteiger partial charge in [-0.25, -0.2) is 4.79 Å². The molecule has 3 rings (SSSR count). The molecule has 0 fully saturated rings. The molecule has 0 radical (unpaired) electrons. The van der Waals surface area contributed by atoms with E-state index in [2.05, 4.69) is 25.9 Å². The Labute approximate surface area is 138 Å². The first kappa shape index (κ1) is 14.5. The Morgan fingerprint density at radius 3 is 2.62 bits per heavy atom. The van der Waals surface area contributed by atoms with E-state index in [9.17, 15) is 4.79 Å². The number of hydrogen-bond acceptors (Lipinski definition) is 3. The average Bonchev–Trinajstić information content (AvgIpc) is 2.45. The molecule has 0 aliphatic heterocycles. The Kier molecular flexibility index (Phi) is 3.97. The van der Waals surface area contributed by atoms with E-state index in [1.807, 2.05) is 12.1 Å². The number of nitrogens with zero attached hydrogens (tertiary/aromatic N) is 3. The van der Waals surface area contributed by atoms with Gasteiger partial charge in [-0.05, 0) is 39.7 Å². The number of pyridine rings is 1. The SMILES string of the molecule is O=c1nc(Cl)c2ncc(Br)cc2n1Cc1ccc(Cl)cc1. The molecule has 7 heteroatoms. The number of fused-ring (bicyclic) bond motifs is 1.